The van der Waals surface area contributed by atoms with Gasteiger partial charge in [0.05, 0.1) is 25.2 Å². The molecule has 0 saturated heterocycles. The van der Waals surface area contributed by atoms with Crippen LogP contribution in [0.3, 0.4) is 0 Å². The number of hydrogen-bond donors (Lipinski definition) is 0. The summed E-state index contributed by atoms with van der Waals surface area (Å²) in [5, 5.41) is 2.73. The van der Waals surface area contributed by atoms with E-state index in [1.807, 2.05) is 0 Å². The van der Waals surface area contributed by atoms with E-state index in [4.69, 9.17) is 0 Å². The monoisotopic (exact) mass is 241 g/mol. The van der Waals surface area contributed by atoms with Crippen molar-refractivity contribution in [2.75, 3.05) is 26.0 Å². The Morgan fingerprint density at radius 3 is 2.28 bits per heavy atom. The van der Waals surface area contributed by atoms with Crippen molar-refractivity contribution in [1.29, 1.82) is 0 Å². The highest BCUT2D eigenvalue weighted by molar-refractivity contribution is 6.04. The largest absolute Gasteiger partial charge is 0.323 e. The molecule has 18 heavy (non-hydrogen) atoms. The van der Waals surface area contributed by atoms with Crippen molar-refractivity contribution in [3.05, 3.63) is 36.4 Å². The quantitative estimate of drug-likeness (QED) is 0.637. The maximum Gasteiger partial charge on any atom is 0.173 e. The summed E-state index contributed by atoms with van der Waals surface area (Å²) in [4.78, 5) is 2.41. The lowest BCUT2D eigenvalue weighted by Gasteiger charge is -2.53. The van der Waals surface area contributed by atoms with Crippen LogP contribution in [0, 0.1) is 0 Å². The van der Waals surface area contributed by atoms with Gasteiger partial charge in [-0.2, -0.15) is 0 Å². The average Bonchev–Trinajstić information content (AvgIpc) is 2.34. The molecule has 0 amide bonds. The van der Waals surface area contributed by atoms with Gasteiger partial charge in [-0.25, -0.2) is 0 Å². The summed E-state index contributed by atoms with van der Waals surface area (Å²) in [5.41, 5.74) is 2.79. The average molecular weight is 241 g/mol. The molecule has 0 aromatic heterocycles. The van der Waals surface area contributed by atoms with Crippen molar-refractivity contribution in [3.63, 3.8) is 0 Å². The first kappa shape index (κ1) is 11.5. The van der Waals surface area contributed by atoms with Crippen LogP contribution < -0.4 is 9.38 Å². The summed E-state index contributed by atoms with van der Waals surface area (Å²) in [6.07, 6.45) is 0. The standard InChI is InChI=1S/C16H21N2/c1-16(2)17(3)13-10-6-8-12-9-7-11-14(15(12)13)18(16,4)5/h6-11H,1-5H3/q+1. The zero-order valence-electron chi connectivity index (χ0n) is 11.9. The fourth-order valence-corrected chi connectivity index (χ4v) is 3.01. The second kappa shape index (κ2) is 3.27. The molecule has 2 aromatic rings. The van der Waals surface area contributed by atoms with Gasteiger partial charge >= 0.3 is 0 Å². The van der Waals surface area contributed by atoms with Crippen LogP contribution in [0.25, 0.3) is 10.8 Å². The van der Waals surface area contributed by atoms with E-state index in [1.165, 1.54) is 22.1 Å². The molecule has 0 fully saturated rings. The Bertz CT molecular complexity index is 621. The molecule has 0 aliphatic carbocycles. The second-order valence-electron chi connectivity index (χ2n) is 6.16. The number of nitrogens with zero attached hydrogens (tertiary/aromatic N) is 2. The Balaban J connectivity index is 2.49. The molecule has 2 aromatic carbocycles. The Kier molecular flexibility index (Phi) is 2.09. The van der Waals surface area contributed by atoms with E-state index in [1.54, 1.807) is 0 Å². The Hall–Kier alpha value is -1.54. The van der Waals surface area contributed by atoms with Gasteiger partial charge in [0.2, 0.25) is 0 Å². The molecule has 0 saturated carbocycles. The SMILES string of the molecule is CN1c2cccc3cccc(c23)[N+](C)(C)C1(C)C. The van der Waals surface area contributed by atoms with Gasteiger partial charge in [-0.3, -0.25) is 4.48 Å². The van der Waals surface area contributed by atoms with Crippen LogP contribution in [0.4, 0.5) is 11.4 Å². The first-order valence-corrected chi connectivity index (χ1v) is 6.47. The molecule has 3 rings (SSSR count). The van der Waals surface area contributed by atoms with Crippen molar-refractivity contribution in [2.45, 2.75) is 19.5 Å². The minimum atomic E-state index is 0.0443. The summed E-state index contributed by atoms with van der Waals surface area (Å²) in [5.74, 6) is 0. The predicted octanol–water partition coefficient (Wildman–Crippen LogP) is 3.59. The molecule has 0 N–H and O–H groups in total. The first-order valence-electron chi connectivity index (χ1n) is 6.47. The van der Waals surface area contributed by atoms with E-state index >= 15 is 0 Å². The lowest BCUT2D eigenvalue weighted by molar-refractivity contribution is 0.193. The van der Waals surface area contributed by atoms with Gasteiger partial charge < -0.3 is 4.90 Å². The molecule has 0 bridgehead atoms. The summed E-state index contributed by atoms with van der Waals surface area (Å²) >= 11 is 0. The van der Waals surface area contributed by atoms with Crippen molar-refractivity contribution in [1.82, 2.24) is 4.48 Å². The van der Waals surface area contributed by atoms with Crippen LogP contribution in [-0.4, -0.2) is 26.8 Å². The molecule has 0 unspecified atom stereocenters. The molecule has 2 nitrogen and oxygen atoms in total. The van der Waals surface area contributed by atoms with Crippen molar-refractivity contribution in [3.8, 4) is 0 Å². The van der Waals surface area contributed by atoms with Gasteiger partial charge in [0, 0.05) is 20.9 Å². The van der Waals surface area contributed by atoms with Crippen molar-refractivity contribution in [2.24, 2.45) is 0 Å². The fraction of sp³-hybridized carbons (Fsp3) is 0.375. The third-order valence-corrected chi connectivity index (χ3v) is 5.01. The lowest BCUT2D eigenvalue weighted by atomic mass is 9.95. The normalized spacial score (nSPS) is 20.2. The minimum absolute atomic E-state index is 0.0443. The molecule has 1 aliphatic rings. The molecule has 0 atom stereocenters. The van der Waals surface area contributed by atoms with Crippen LogP contribution in [0.2, 0.25) is 0 Å². The van der Waals surface area contributed by atoms with Gasteiger partial charge in [-0.05, 0) is 17.5 Å². The maximum absolute atomic E-state index is 2.41. The van der Waals surface area contributed by atoms with Crippen LogP contribution in [-0.2, 0) is 0 Å². The van der Waals surface area contributed by atoms with Gasteiger partial charge in [0.25, 0.3) is 0 Å². The van der Waals surface area contributed by atoms with Crippen LogP contribution in [0.1, 0.15) is 13.8 Å². The molecule has 94 valence electrons. The van der Waals surface area contributed by atoms with E-state index < -0.39 is 0 Å². The zero-order valence-corrected chi connectivity index (χ0v) is 11.9. The predicted molar refractivity (Wildman–Crippen MR) is 80.1 cm³/mol. The first-order chi connectivity index (χ1) is 8.37. The molecule has 1 heterocycles. The summed E-state index contributed by atoms with van der Waals surface area (Å²) < 4.78 is 0.873. The van der Waals surface area contributed by atoms with E-state index in [0.29, 0.717) is 0 Å². The highest BCUT2D eigenvalue weighted by Crippen LogP contribution is 2.47. The topological polar surface area (TPSA) is 3.24 Å². The zero-order chi connectivity index (χ0) is 13.1. The smallest absolute Gasteiger partial charge is 0.173 e. The molecule has 1 aliphatic heterocycles. The van der Waals surface area contributed by atoms with Crippen molar-refractivity contribution >= 4 is 22.1 Å². The fourth-order valence-electron chi connectivity index (χ4n) is 3.01. The maximum atomic E-state index is 2.41. The van der Waals surface area contributed by atoms with Crippen LogP contribution in [0.5, 0.6) is 0 Å². The Morgan fingerprint density at radius 2 is 1.61 bits per heavy atom. The van der Waals surface area contributed by atoms with Gasteiger partial charge in [0.15, 0.2) is 5.66 Å². The minimum Gasteiger partial charge on any atom is -0.323 e. The Labute approximate surface area is 109 Å². The number of anilines is 1. The molecule has 0 spiro atoms. The van der Waals surface area contributed by atoms with Crippen molar-refractivity contribution < 1.29 is 0 Å². The highest BCUT2D eigenvalue weighted by atomic mass is 15.5. The third kappa shape index (κ3) is 1.16. The highest BCUT2D eigenvalue weighted by Gasteiger charge is 2.47. The molecule has 2 heteroatoms. The molecular formula is C16H21N2+. The van der Waals surface area contributed by atoms with Gasteiger partial charge in [-0.1, -0.05) is 24.3 Å². The third-order valence-electron chi connectivity index (χ3n) is 5.01. The molecular weight excluding hydrogens is 220 g/mol. The van der Waals surface area contributed by atoms with Gasteiger partial charge in [-0.15, -0.1) is 0 Å². The van der Waals surface area contributed by atoms with E-state index in [2.05, 4.69) is 76.3 Å². The van der Waals surface area contributed by atoms with Crippen LogP contribution >= 0.6 is 0 Å². The molecule has 0 radical (unpaired) electrons. The lowest BCUT2D eigenvalue weighted by Crippen LogP contribution is -2.67. The number of quaternary nitrogens is 1. The number of hydrogen-bond acceptors (Lipinski definition) is 1. The van der Waals surface area contributed by atoms with E-state index in [-0.39, 0.29) is 5.66 Å². The number of rotatable bonds is 0. The summed E-state index contributed by atoms with van der Waals surface area (Å²) in [6, 6.07) is 13.2. The van der Waals surface area contributed by atoms with Crippen LogP contribution in [0.15, 0.2) is 36.4 Å². The second-order valence-corrected chi connectivity index (χ2v) is 6.16. The summed E-state index contributed by atoms with van der Waals surface area (Å²) in [7, 11) is 6.78. The number of benzene rings is 2. The van der Waals surface area contributed by atoms with Gasteiger partial charge in [0.1, 0.15) is 5.69 Å². The van der Waals surface area contributed by atoms with E-state index in [9.17, 15) is 0 Å². The Morgan fingerprint density at radius 1 is 1.00 bits per heavy atom. The van der Waals surface area contributed by atoms with E-state index in [0.717, 1.165) is 4.48 Å². The summed E-state index contributed by atoms with van der Waals surface area (Å²) in [6.45, 7) is 4.61.